The Kier molecular flexibility index (Phi) is 5.18. The van der Waals surface area contributed by atoms with Crippen molar-refractivity contribution < 1.29 is 14.6 Å². The number of nitrogens with one attached hydrogen (secondary N) is 1. The van der Waals surface area contributed by atoms with Crippen molar-refractivity contribution in [3.8, 4) is 17.7 Å². The fraction of sp³-hybridized carbons (Fsp3) is 0.200. The summed E-state index contributed by atoms with van der Waals surface area (Å²) in [6, 6.07) is 14.1. The second kappa shape index (κ2) is 7.70. The van der Waals surface area contributed by atoms with E-state index >= 15 is 0 Å². The van der Waals surface area contributed by atoms with Crippen molar-refractivity contribution in [2.75, 3.05) is 6.61 Å². The first-order valence-electron chi connectivity index (χ1n) is 8.40. The number of hydrogen-bond acceptors (Lipinski definition) is 5. The highest BCUT2D eigenvalue weighted by Gasteiger charge is 2.13. The van der Waals surface area contributed by atoms with Gasteiger partial charge < -0.3 is 14.8 Å². The minimum absolute atomic E-state index is 0.143. The summed E-state index contributed by atoms with van der Waals surface area (Å²) >= 11 is 0. The first kappa shape index (κ1) is 18.1. The minimum Gasteiger partial charge on any atom is -0.493 e. The van der Waals surface area contributed by atoms with Gasteiger partial charge in [-0.2, -0.15) is 5.26 Å². The van der Waals surface area contributed by atoms with Gasteiger partial charge >= 0.3 is 5.91 Å². The molecule has 7 heteroatoms. The Labute approximate surface area is 155 Å². The lowest BCUT2D eigenvalue weighted by molar-refractivity contribution is -0.120. The zero-order valence-electron chi connectivity index (χ0n) is 14.9. The molecule has 3 rings (SSSR count). The maximum absolute atomic E-state index is 11.9. The van der Waals surface area contributed by atoms with Crippen LogP contribution in [0.4, 0.5) is 5.69 Å². The van der Waals surface area contributed by atoms with Crippen molar-refractivity contribution >= 4 is 22.5 Å². The third-order valence-electron chi connectivity index (χ3n) is 4.05. The van der Waals surface area contributed by atoms with Gasteiger partial charge in [0.15, 0.2) is 12.3 Å². The van der Waals surface area contributed by atoms with Gasteiger partial charge in [0.1, 0.15) is 5.75 Å². The van der Waals surface area contributed by atoms with Gasteiger partial charge in [0.2, 0.25) is 5.88 Å². The highest BCUT2D eigenvalue weighted by Crippen LogP contribution is 2.36. The molecule has 0 spiro atoms. The normalized spacial score (nSPS) is 11.2. The summed E-state index contributed by atoms with van der Waals surface area (Å²) < 4.78 is 5.32. The van der Waals surface area contributed by atoms with Crippen molar-refractivity contribution in [2.45, 2.75) is 19.8 Å². The lowest BCUT2D eigenvalue weighted by Crippen LogP contribution is -2.07. The van der Waals surface area contributed by atoms with Crippen molar-refractivity contribution in [1.82, 2.24) is 4.98 Å². The Hall–Kier alpha value is -3.66. The van der Waals surface area contributed by atoms with E-state index in [9.17, 15) is 9.90 Å². The number of aromatic hydroxyl groups is 1. The van der Waals surface area contributed by atoms with E-state index in [4.69, 9.17) is 10.00 Å². The summed E-state index contributed by atoms with van der Waals surface area (Å²) in [7, 11) is 0. The van der Waals surface area contributed by atoms with Crippen LogP contribution in [0, 0.1) is 11.3 Å². The monoisotopic (exact) mass is 362 g/mol. The predicted octanol–water partition coefficient (Wildman–Crippen LogP) is 4.56. The number of rotatable bonds is 5. The third kappa shape index (κ3) is 4.12. The van der Waals surface area contributed by atoms with Crippen molar-refractivity contribution in [1.29, 1.82) is 5.26 Å². The number of azo groups is 1. The summed E-state index contributed by atoms with van der Waals surface area (Å²) in [6.07, 6.45) is 0. The number of nitriles is 1. The van der Waals surface area contributed by atoms with Gasteiger partial charge in [-0.05, 0) is 47.9 Å². The molecule has 7 nitrogen and oxygen atoms in total. The number of carbonyl (C=O) groups excluding carboxylic acids is 1. The fourth-order valence-corrected chi connectivity index (χ4v) is 2.55. The van der Waals surface area contributed by atoms with Gasteiger partial charge in [-0.3, -0.25) is 4.79 Å². The molecule has 0 fully saturated rings. The Balaban J connectivity index is 1.72. The standard InChI is InChI=1S/C20H18N4O3/c1-12(2)14-5-8-17-16(9-14)19(20(26)22-17)24-23-18(25)11-27-15-6-3-13(10-21)4-7-15/h3-9,12,22,26H,11H2,1-2H3. The number of amides is 1. The minimum atomic E-state index is -0.590. The zero-order chi connectivity index (χ0) is 19.4. The average Bonchev–Trinajstić information content (AvgIpc) is 2.99. The number of nitrogens with zero attached hydrogens (tertiary/aromatic N) is 3. The van der Waals surface area contributed by atoms with Crippen LogP contribution in [-0.2, 0) is 4.79 Å². The molecule has 0 aliphatic rings. The summed E-state index contributed by atoms with van der Waals surface area (Å²) in [6.45, 7) is 3.84. The van der Waals surface area contributed by atoms with Crippen LogP contribution in [-0.4, -0.2) is 22.6 Å². The number of aromatic nitrogens is 1. The first-order chi connectivity index (χ1) is 13.0. The largest absolute Gasteiger partial charge is 0.493 e. The molecule has 0 saturated carbocycles. The molecule has 0 radical (unpaired) electrons. The second-order valence-corrected chi connectivity index (χ2v) is 6.30. The molecule has 2 aromatic carbocycles. The number of carbonyl (C=O) groups is 1. The van der Waals surface area contributed by atoms with Gasteiger partial charge in [0.25, 0.3) is 0 Å². The van der Waals surface area contributed by atoms with Crippen LogP contribution < -0.4 is 4.74 Å². The summed E-state index contributed by atoms with van der Waals surface area (Å²) in [5, 5.41) is 27.0. The molecule has 0 aliphatic carbocycles. The van der Waals surface area contributed by atoms with E-state index in [1.165, 1.54) is 0 Å². The quantitative estimate of drug-likeness (QED) is 0.648. The first-order valence-corrected chi connectivity index (χ1v) is 8.40. The number of ether oxygens (including phenoxy) is 1. The Morgan fingerprint density at radius 3 is 2.67 bits per heavy atom. The molecule has 3 aromatic rings. The summed E-state index contributed by atoms with van der Waals surface area (Å²) in [5.41, 5.74) is 2.53. The highest BCUT2D eigenvalue weighted by molar-refractivity contribution is 5.95. The van der Waals surface area contributed by atoms with Gasteiger partial charge in [-0.15, -0.1) is 10.2 Å². The smallest absolute Gasteiger partial charge is 0.302 e. The zero-order valence-corrected chi connectivity index (χ0v) is 14.9. The Morgan fingerprint density at radius 2 is 2.00 bits per heavy atom. The second-order valence-electron chi connectivity index (χ2n) is 6.30. The summed E-state index contributed by atoms with van der Waals surface area (Å²) in [5.74, 6) is 0.0383. The van der Waals surface area contributed by atoms with Crippen LogP contribution in [0.15, 0.2) is 52.7 Å². The molecule has 0 saturated heterocycles. The molecule has 0 bridgehead atoms. The number of hydrogen-bond donors (Lipinski definition) is 2. The SMILES string of the molecule is CC(C)c1ccc2[nH]c(O)c(N=NC(=O)COc3ccc(C#N)cc3)c2c1. The van der Waals surface area contributed by atoms with E-state index in [1.807, 2.05) is 24.3 Å². The number of fused-ring (bicyclic) bond motifs is 1. The molecule has 1 heterocycles. The van der Waals surface area contributed by atoms with Crippen LogP contribution in [0.3, 0.4) is 0 Å². The van der Waals surface area contributed by atoms with Crippen LogP contribution in [0.2, 0.25) is 0 Å². The molecule has 1 amide bonds. The van der Waals surface area contributed by atoms with E-state index in [2.05, 4.69) is 29.1 Å². The van der Waals surface area contributed by atoms with Gasteiger partial charge in [-0.1, -0.05) is 19.9 Å². The lowest BCUT2D eigenvalue weighted by Gasteiger charge is -2.04. The summed E-state index contributed by atoms with van der Waals surface area (Å²) in [4.78, 5) is 14.7. The molecule has 27 heavy (non-hydrogen) atoms. The average molecular weight is 362 g/mol. The maximum Gasteiger partial charge on any atom is 0.302 e. The molecule has 0 atom stereocenters. The molecule has 2 N–H and O–H groups in total. The molecule has 136 valence electrons. The third-order valence-corrected chi connectivity index (χ3v) is 4.05. The van der Waals surface area contributed by atoms with E-state index in [1.54, 1.807) is 24.3 Å². The highest BCUT2D eigenvalue weighted by atomic mass is 16.5. The maximum atomic E-state index is 11.9. The van der Waals surface area contributed by atoms with Crippen LogP contribution >= 0.6 is 0 Å². The van der Waals surface area contributed by atoms with Crippen molar-refractivity contribution in [2.24, 2.45) is 10.2 Å². The van der Waals surface area contributed by atoms with E-state index in [-0.39, 0.29) is 18.2 Å². The molecule has 1 aromatic heterocycles. The molecule has 0 unspecified atom stereocenters. The van der Waals surface area contributed by atoms with Crippen molar-refractivity contribution in [3.05, 3.63) is 53.6 Å². The lowest BCUT2D eigenvalue weighted by atomic mass is 10.0. The predicted molar refractivity (Wildman–Crippen MR) is 100 cm³/mol. The van der Waals surface area contributed by atoms with Gasteiger partial charge in [-0.25, -0.2) is 0 Å². The number of H-pyrrole nitrogens is 1. The Morgan fingerprint density at radius 1 is 1.26 bits per heavy atom. The Bertz CT molecular complexity index is 1040. The van der Waals surface area contributed by atoms with Crippen LogP contribution in [0.5, 0.6) is 11.6 Å². The number of aromatic amines is 1. The van der Waals surface area contributed by atoms with E-state index < -0.39 is 5.91 Å². The molecular weight excluding hydrogens is 344 g/mol. The van der Waals surface area contributed by atoms with Crippen molar-refractivity contribution in [3.63, 3.8) is 0 Å². The van der Waals surface area contributed by atoms with Gasteiger partial charge in [0, 0.05) is 5.39 Å². The molecule has 0 aliphatic heterocycles. The van der Waals surface area contributed by atoms with E-state index in [0.717, 1.165) is 5.56 Å². The van der Waals surface area contributed by atoms with Gasteiger partial charge in [0.05, 0.1) is 17.1 Å². The molecular formula is C20H18N4O3. The van der Waals surface area contributed by atoms with E-state index in [0.29, 0.717) is 28.1 Å². The van der Waals surface area contributed by atoms with Crippen LogP contribution in [0.25, 0.3) is 10.9 Å². The topological polar surface area (TPSA) is 111 Å². The van der Waals surface area contributed by atoms with Crippen LogP contribution in [0.1, 0.15) is 30.9 Å². The fourth-order valence-electron chi connectivity index (χ4n) is 2.55. The number of benzene rings is 2.